The lowest BCUT2D eigenvalue weighted by molar-refractivity contribution is 0.0792. The summed E-state index contributed by atoms with van der Waals surface area (Å²) in [7, 11) is 0. The van der Waals surface area contributed by atoms with Gasteiger partial charge in [0.05, 0.1) is 16.8 Å². The molecule has 146 valence electrons. The van der Waals surface area contributed by atoms with Gasteiger partial charge in [-0.15, -0.1) is 0 Å². The Hall–Kier alpha value is -2.67. The number of para-hydroxylation sites is 1. The smallest absolute Gasteiger partial charge is 0.256 e. The van der Waals surface area contributed by atoms with Crippen LogP contribution in [-0.2, 0) is 0 Å². The summed E-state index contributed by atoms with van der Waals surface area (Å²) in [4.78, 5) is 27.8. The summed E-state index contributed by atoms with van der Waals surface area (Å²) in [6.07, 6.45) is 0.951. The second-order valence-corrected chi connectivity index (χ2v) is 8.29. The molecule has 3 aromatic carbocycles. The van der Waals surface area contributed by atoms with Crippen molar-refractivity contribution >= 4 is 40.1 Å². The molecule has 29 heavy (non-hydrogen) atoms. The Morgan fingerprint density at radius 3 is 2.28 bits per heavy atom. The van der Waals surface area contributed by atoms with E-state index in [1.807, 2.05) is 53.4 Å². The van der Waals surface area contributed by atoms with E-state index < -0.39 is 0 Å². The van der Waals surface area contributed by atoms with Crippen LogP contribution in [0.1, 0.15) is 38.6 Å². The SMILES string of the molecule is O=C(Nc1ccccc1C(=O)N1CCC(c2ccccc2)C1)c1ccccc1I. The zero-order chi connectivity index (χ0) is 20.2. The Kier molecular flexibility index (Phi) is 5.94. The highest BCUT2D eigenvalue weighted by molar-refractivity contribution is 14.1. The van der Waals surface area contributed by atoms with Crippen molar-refractivity contribution in [2.24, 2.45) is 0 Å². The Morgan fingerprint density at radius 2 is 1.52 bits per heavy atom. The van der Waals surface area contributed by atoms with E-state index in [1.165, 1.54) is 5.56 Å². The van der Waals surface area contributed by atoms with Crippen LogP contribution >= 0.6 is 22.6 Å². The topological polar surface area (TPSA) is 49.4 Å². The largest absolute Gasteiger partial charge is 0.338 e. The molecule has 1 N–H and O–H groups in total. The Balaban J connectivity index is 1.52. The standard InChI is InChI=1S/C24H21IN2O2/c25-21-12-6-4-10-19(21)23(28)26-22-13-7-5-11-20(22)24(29)27-15-14-18(16-27)17-8-2-1-3-9-17/h1-13,18H,14-16H2,(H,26,28). The van der Waals surface area contributed by atoms with Gasteiger partial charge in [-0.3, -0.25) is 9.59 Å². The molecule has 0 spiro atoms. The number of nitrogens with one attached hydrogen (secondary N) is 1. The van der Waals surface area contributed by atoms with Gasteiger partial charge in [-0.1, -0.05) is 54.6 Å². The quantitative estimate of drug-likeness (QED) is 0.507. The van der Waals surface area contributed by atoms with Crippen LogP contribution in [0.4, 0.5) is 5.69 Å². The van der Waals surface area contributed by atoms with Crippen molar-refractivity contribution in [1.29, 1.82) is 0 Å². The average Bonchev–Trinajstić information content (AvgIpc) is 3.25. The second-order valence-electron chi connectivity index (χ2n) is 7.13. The third kappa shape index (κ3) is 4.34. The molecule has 0 radical (unpaired) electrons. The van der Waals surface area contributed by atoms with E-state index in [4.69, 9.17) is 0 Å². The first-order chi connectivity index (χ1) is 14.1. The van der Waals surface area contributed by atoms with Gasteiger partial charge in [0.1, 0.15) is 0 Å². The van der Waals surface area contributed by atoms with Crippen LogP contribution in [0.2, 0.25) is 0 Å². The van der Waals surface area contributed by atoms with Gasteiger partial charge in [-0.05, 0) is 58.8 Å². The first kappa shape index (κ1) is 19.6. The molecule has 1 aliphatic heterocycles. The molecular weight excluding hydrogens is 475 g/mol. The molecule has 4 nitrogen and oxygen atoms in total. The van der Waals surface area contributed by atoms with Crippen molar-refractivity contribution in [3.05, 3.63) is 99.1 Å². The number of amides is 2. The maximum atomic E-state index is 13.2. The minimum absolute atomic E-state index is 0.0397. The number of hydrogen-bond acceptors (Lipinski definition) is 2. The van der Waals surface area contributed by atoms with E-state index in [-0.39, 0.29) is 11.8 Å². The predicted octanol–water partition coefficient (Wildman–Crippen LogP) is 5.17. The summed E-state index contributed by atoms with van der Waals surface area (Å²) < 4.78 is 0.872. The van der Waals surface area contributed by atoms with Gasteiger partial charge < -0.3 is 10.2 Å². The predicted molar refractivity (Wildman–Crippen MR) is 123 cm³/mol. The van der Waals surface area contributed by atoms with Gasteiger partial charge in [0.2, 0.25) is 0 Å². The molecule has 1 unspecified atom stereocenters. The fourth-order valence-corrected chi connectivity index (χ4v) is 4.36. The number of hydrogen-bond donors (Lipinski definition) is 1. The molecular formula is C24H21IN2O2. The zero-order valence-corrected chi connectivity index (χ0v) is 18.0. The minimum Gasteiger partial charge on any atom is -0.338 e. The lowest BCUT2D eigenvalue weighted by Gasteiger charge is -2.19. The maximum Gasteiger partial charge on any atom is 0.256 e. The van der Waals surface area contributed by atoms with Crippen LogP contribution in [0.5, 0.6) is 0 Å². The number of benzene rings is 3. The van der Waals surface area contributed by atoms with E-state index in [1.54, 1.807) is 18.2 Å². The van der Waals surface area contributed by atoms with Crippen LogP contribution in [0.15, 0.2) is 78.9 Å². The van der Waals surface area contributed by atoms with Gasteiger partial charge in [0.25, 0.3) is 11.8 Å². The molecule has 4 rings (SSSR count). The van der Waals surface area contributed by atoms with Crippen molar-refractivity contribution < 1.29 is 9.59 Å². The summed E-state index contributed by atoms with van der Waals surface area (Å²) in [6, 6.07) is 25.0. The van der Waals surface area contributed by atoms with Crippen LogP contribution in [0.3, 0.4) is 0 Å². The first-order valence-corrected chi connectivity index (χ1v) is 10.7. The summed E-state index contributed by atoms with van der Waals surface area (Å²) in [5.74, 6) is 0.105. The molecule has 2 amide bonds. The highest BCUT2D eigenvalue weighted by Crippen LogP contribution is 2.29. The lowest BCUT2D eigenvalue weighted by Crippen LogP contribution is -2.29. The third-order valence-electron chi connectivity index (χ3n) is 5.27. The molecule has 1 aliphatic rings. The molecule has 5 heteroatoms. The van der Waals surface area contributed by atoms with E-state index >= 15 is 0 Å². The highest BCUT2D eigenvalue weighted by Gasteiger charge is 2.29. The van der Waals surface area contributed by atoms with Crippen molar-refractivity contribution in [3.8, 4) is 0 Å². The van der Waals surface area contributed by atoms with Crippen LogP contribution in [-0.4, -0.2) is 29.8 Å². The van der Waals surface area contributed by atoms with E-state index in [9.17, 15) is 9.59 Å². The third-order valence-corrected chi connectivity index (χ3v) is 6.21. The molecule has 1 fully saturated rings. The maximum absolute atomic E-state index is 13.2. The summed E-state index contributed by atoms with van der Waals surface area (Å²) >= 11 is 2.14. The Bertz CT molecular complexity index is 1040. The monoisotopic (exact) mass is 496 g/mol. The fraction of sp³-hybridized carbons (Fsp3) is 0.167. The molecule has 0 bridgehead atoms. The number of likely N-dealkylation sites (tertiary alicyclic amines) is 1. The Morgan fingerprint density at radius 1 is 0.862 bits per heavy atom. The van der Waals surface area contributed by atoms with Crippen molar-refractivity contribution in [2.75, 3.05) is 18.4 Å². The second kappa shape index (κ2) is 8.78. The lowest BCUT2D eigenvalue weighted by atomic mass is 9.99. The Labute approximate surface area is 184 Å². The van der Waals surface area contributed by atoms with Crippen LogP contribution in [0, 0.1) is 3.57 Å². The normalized spacial score (nSPS) is 15.9. The van der Waals surface area contributed by atoms with Gasteiger partial charge in [0.15, 0.2) is 0 Å². The first-order valence-electron chi connectivity index (χ1n) is 9.62. The molecule has 1 atom stereocenters. The van der Waals surface area contributed by atoms with E-state index in [0.717, 1.165) is 16.5 Å². The van der Waals surface area contributed by atoms with Gasteiger partial charge >= 0.3 is 0 Å². The number of halogens is 1. The van der Waals surface area contributed by atoms with Gasteiger partial charge in [-0.25, -0.2) is 0 Å². The molecule has 0 saturated carbocycles. The van der Waals surface area contributed by atoms with Gasteiger partial charge in [-0.2, -0.15) is 0 Å². The van der Waals surface area contributed by atoms with Gasteiger partial charge in [0, 0.05) is 22.6 Å². The number of carbonyl (C=O) groups excluding carboxylic acids is 2. The average molecular weight is 496 g/mol. The van der Waals surface area contributed by atoms with Crippen LogP contribution < -0.4 is 5.32 Å². The fourth-order valence-electron chi connectivity index (χ4n) is 3.73. The zero-order valence-electron chi connectivity index (χ0n) is 15.8. The number of carbonyl (C=O) groups is 2. The van der Waals surface area contributed by atoms with Crippen molar-refractivity contribution in [1.82, 2.24) is 4.90 Å². The molecule has 1 heterocycles. The highest BCUT2D eigenvalue weighted by atomic mass is 127. The summed E-state index contributed by atoms with van der Waals surface area (Å²) in [5.41, 5.74) is 2.94. The molecule has 1 saturated heterocycles. The summed E-state index contributed by atoms with van der Waals surface area (Å²) in [6.45, 7) is 1.42. The van der Waals surface area contributed by atoms with E-state index in [2.05, 4.69) is 40.0 Å². The van der Waals surface area contributed by atoms with Crippen molar-refractivity contribution in [2.45, 2.75) is 12.3 Å². The molecule has 0 aromatic heterocycles. The number of rotatable bonds is 4. The minimum atomic E-state index is -0.209. The van der Waals surface area contributed by atoms with E-state index in [0.29, 0.717) is 29.3 Å². The summed E-state index contributed by atoms with van der Waals surface area (Å²) in [5, 5.41) is 2.92. The number of anilines is 1. The van der Waals surface area contributed by atoms with Crippen molar-refractivity contribution in [3.63, 3.8) is 0 Å². The molecule has 3 aromatic rings. The molecule has 0 aliphatic carbocycles. The number of nitrogens with zero attached hydrogens (tertiary/aromatic N) is 1. The van der Waals surface area contributed by atoms with Crippen LogP contribution in [0.25, 0.3) is 0 Å².